The number of carboxylic acids is 1. The molecule has 3 nitrogen and oxygen atoms in total. The Kier molecular flexibility index (Phi) is 3.50. The van der Waals surface area contributed by atoms with Crippen LogP contribution < -0.4 is 0 Å². The van der Waals surface area contributed by atoms with E-state index in [-0.39, 0.29) is 0 Å². The number of carbonyl (C=O) groups is 1. The molecule has 1 aliphatic rings. The van der Waals surface area contributed by atoms with Gasteiger partial charge in [0.05, 0.1) is 20.6 Å². The Morgan fingerprint density at radius 2 is 2.10 bits per heavy atom. The summed E-state index contributed by atoms with van der Waals surface area (Å²) in [6, 6.07) is 6.21. The highest BCUT2D eigenvalue weighted by Gasteiger charge is 2.40. The van der Waals surface area contributed by atoms with Gasteiger partial charge < -0.3 is 5.11 Å². The summed E-state index contributed by atoms with van der Waals surface area (Å²) in [4.78, 5) is 16.4. The highest BCUT2D eigenvalue weighted by Crippen LogP contribution is 2.40. The molecular formula is C16H19NO2S. The number of hydrogen-bond acceptors (Lipinski definition) is 3. The van der Waals surface area contributed by atoms with Gasteiger partial charge in [-0.2, -0.15) is 0 Å². The molecule has 0 bridgehead atoms. The van der Waals surface area contributed by atoms with Crippen LogP contribution in [0.25, 0.3) is 10.2 Å². The Hall–Kier alpha value is -1.42. The van der Waals surface area contributed by atoms with Crippen molar-refractivity contribution in [2.24, 2.45) is 5.41 Å². The summed E-state index contributed by atoms with van der Waals surface area (Å²) >= 11 is 1.65. The summed E-state index contributed by atoms with van der Waals surface area (Å²) in [5.74, 6) is -0.646. The SMILES string of the molecule is Cc1ccc2nc(CC3(C(=O)O)CCCCC3)sc2c1. The van der Waals surface area contributed by atoms with E-state index in [0.717, 1.165) is 47.3 Å². The molecule has 0 aliphatic heterocycles. The van der Waals surface area contributed by atoms with E-state index in [9.17, 15) is 9.90 Å². The van der Waals surface area contributed by atoms with Gasteiger partial charge in [-0.1, -0.05) is 25.3 Å². The van der Waals surface area contributed by atoms with Crippen LogP contribution in [0.4, 0.5) is 0 Å². The molecule has 1 heterocycles. The van der Waals surface area contributed by atoms with Gasteiger partial charge in [-0.05, 0) is 37.5 Å². The molecule has 20 heavy (non-hydrogen) atoms. The molecule has 0 saturated heterocycles. The molecule has 1 saturated carbocycles. The molecule has 1 aromatic heterocycles. The number of aryl methyl sites for hydroxylation is 1. The zero-order chi connectivity index (χ0) is 14.2. The Balaban J connectivity index is 1.92. The minimum atomic E-state index is -0.646. The van der Waals surface area contributed by atoms with Crippen molar-refractivity contribution in [2.45, 2.75) is 45.4 Å². The van der Waals surface area contributed by atoms with Crippen LogP contribution in [-0.2, 0) is 11.2 Å². The van der Waals surface area contributed by atoms with Crippen molar-refractivity contribution in [3.05, 3.63) is 28.8 Å². The van der Waals surface area contributed by atoms with E-state index >= 15 is 0 Å². The van der Waals surface area contributed by atoms with E-state index in [2.05, 4.69) is 24.0 Å². The molecular weight excluding hydrogens is 270 g/mol. The van der Waals surface area contributed by atoms with Gasteiger partial charge in [0.15, 0.2) is 0 Å². The Labute approximate surface area is 122 Å². The van der Waals surface area contributed by atoms with Gasteiger partial charge in [-0.15, -0.1) is 11.3 Å². The van der Waals surface area contributed by atoms with Gasteiger partial charge >= 0.3 is 5.97 Å². The van der Waals surface area contributed by atoms with Crippen LogP contribution in [0.2, 0.25) is 0 Å². The standard InChI is InChI=1S/C16H19NO2S/c1-11-5-6-12-13(9-11)20-14(17-12)10-16(15(18)19)7-3-2-4-8-16/h5-6,9H,2-4,7-8,10H2,1H3,(H,18,19). The number of aliphatic carboxylic acids is 1. The maximum absolute atomic E-state index is 11.7. The molecule has 106 valence electrons. The van der Waals surface area contributed by atoms with Crippen molar-refractivity contribution < 1.29 is 9.90 Å². The van der Waals surface area contributed by atoms with Crippen molar-refractivity contribution in [1.29, 1.82) is 0 Å². The predicted octanol–water partition coefficient (Wildman–Crippen LogP) is 4.18. The van der Waals surface area contributed by atoms with E-state index in [0.29, 0.717) is 6.42 Å². The Bertz CT molecular complexity index is 641. The van der Waals surface area contributed by atoms with Gasteiger partial charge in [0.1, 0.15) is 0 Å². The molecule has 0 atom stereocenters. The fourth-order valence-corrected chi connectivity index (χ4v) is 4.35. The number of thiazole rings is 1. The molecule has 1 fully saturated rings. The third-order valence-electron chi connectivity index (χ3n) is 4.34. The number of nitrogens with zero attached hydrogens (tertiary/aromatic N) is 1. The summed E-state index contributed by atoms with van der Waals surface area (Å²) in [6.45, 7) is 2.07. The number of aromatic nitrogens is 1. The second-order valence-corrected chi connectivity index (χ2v) is 7.02. The van der Waals surface area contributed by atoms with Crippen molar-refractivity contribution in [3.8, 4) is 0 Å². The van der Waals surface area contributed by atoms with Crippen LogP contribution in [0.3, 0.4) is 0 Å². The average molecular weight is 289 g/mol. The van der Waals surface area contributed by atoms with Crippen molar-refractivity contribution in [3.63, 3.8) is 0 Å². The molecule has 0 unspecified atom stereocenters. The Morgan fingerprint density at radius 1 is 1.35 bits per heavy atom. The van der Waals surface area contributed by atoms with E-state index in [4.69, 9.17) is 0 Å². The lowest BCUT2D eigenvalue weighted by molar-refractivity contribution is -0.151. The lowest BCUT2D eigenvalue weighted by atomic mass is 9.72. The van der Waals surface area contributed by atoms with Gasteiger partial charge in [-0.3, -0.25) is 4.79 Å². The summed E-state index contributed by atoms with van der Waals surface area (Å²) in [7, 11) is 0. The van der Waals surface area contributed by atoms with Gasteiger partial charge in [0.2, 0.25) is 0 Å². The van der Waals surface area contributed by atoms with Crippen molar-refractivity contribution in [1.82, 2.24) is 4.98 Å². The summed E-state index contributed by atoms with van der Waals surface area (Å²) in [6.07, 6.45) is 5.37. The van der Waals surface area contributed by atoms with Crippen molar-refractivity contribution in [2.75, 3.05) is 0 Å². The zero-order valence-corrected chi connectivity index (χ0v) is 12.5. The fourth-order valence-electron chi connectivity index (χ4n) is 3.14. The summed E-state index contributed by atoms with van der Waals surface area (Å²) in [5, 5.41) is 10.6. The van der Waals surface area contributed by atoms with E-state index in [1.54, 1.807) is 11.3 Å². The highest BCUT2D eigenvalue weighted by molar-refractivity contribution is 7.18. The lowest BCUT2D eigenvalue weighted by Crippen LogP contribution is -2.35. The number of hydrogen-bond donors (Lipinski definition) is 1. The predicted molar refractivity (Wildman–Crippen MR) is 81.2 cm³/mol. The van der Waals surface area contributed by atoms with Crippen LogP contribution in [0.5, 0.6) is 0 Å². The molecule has 1 aliphatic carbocycles. The maximum atomic E-state index is 11.7. The topological polar surface area (TPSA) is 50.2 Å². The van der Waals surface area contributed by atoms with Gasteiger partial charge in [0.25, 0.3) is 0 Å². The smallest absolute Gasteiger partial charge is 0.310 e. The molecule has 1 N–H and O–H groups in total. The number of benzene rings is 1. The van der Waals surface area contributed by atoms with E-state index in [1.165, 1.54) is 5.56 Å². The highest BCUT2D eigenvalue weighted by atomic mass is 32.1. The lowest BCUT2D eigenvalue weighted by Gasteiger charge is -2.32. The first-order valence-corrected chi connectivity index (χ1v) is 8.00. The molecule has 1 aromatic carbocycles. The first kappa shape index (κ1) is 13.6. The first-order chi connectivity index (χ1) is 9.59. The molecule has 4 heteroatoms. The second-order valence-electron chi connectivity index (χ2n) is 5.90. The van der Waals surface area contributed by atoms with Crippen LogP contribution in [-0.4, -0.2) is 16.1 Å². The van der Waals surface area contributed by atoms with Crippen LogP contribution in [0.1, 0.15) is 42.7 Å². The van der Waals surface area contributed by atoms with Crippen LogP contribution in [0, 0.1) is 12.3 Å². The third kappa shape index (κ3) is 2.44. The average Bonchev–Trinajstić information content (AvgIpc) is 2.80. The fraction of sp³-hybridized carbons (Fsp3) is 0.500. The van der Waals surface area contributed by atoms with Gasteiger partial charge in [-0.25, -0.2) is 4.98 Å². The third-order valence-corrected chi connectivity index (χ3v) is 5.36. The second kappa shape index (κ2) is 5.17. The number of rotatable bonds is 3. The normalized spacial score (nSPS) is 18.2. The summed E-state index contributed by atoms with van der Waals surface area (Å²) in [5.41, 5.74) is 1.63. The quantitative estimate of drug-likeness (QED) is 0.922. The van der Waals surface area contributed by atoms with Crippen LogP contribution in [0.15, 0.2) is 18.2 Å². The van der Waals surface area contributed by atoms with Crippen molar-refractivity contribution >= 4 is 27.5 Å². The monoisotopic (exact) mass is 289 g/mol. The molecule has 3 rings (SSSR count). The Morgan fingerprint density at radius 3 is 2.80 bits per heavy atom. The number of fused-ring (bicyclic) bond motifs is 1. The molecule has 2 aromatic rings. The van der Waals surface area contributed by atoms with E-state index in [1.807, 2.05) is 6.07 Å². The summed E-state index contributed by atoms with van der Waals surface area (Å²) < 4.78 is 1.16. The largest absolute Gasteiger partial charge is 0.481 e. The van der Waals surface area contributed by atoms with Gasteiger partial charge in [0, 0.05) is 6.42 Å². The zero-order valence-electron chi connectivity index (χ0n) is 11.7. The maximum Gasteiger partial charge on any atom is 0.310 e. The minimum absolute atomic E-state index is 0.582. The first-order valence-electron chi connectivity index (χ1n) is 7.19. The molecule has 0 radical (unpaired) electrons. The van der Waals surface area contributed by atoms with Crippen LogP contribution >= 0.6 is 11.3 Å². The number of carboxylic acid groups (broad SMARTS) is 1. The molecule has 0 amide bonds. The molecule has 0 spiro atoms. The minimum Gasteiger partial charge on any atom is -0.481 e. The van der Waals surface area contributed by atoms with E-state index < -0.39 is 11.4 Å².